The van der Waals surface area contributed by atoms with E-state index in [1.165, 1.54) is 238 Å². The first-order valence-electron chi connectivity index (χ1n) is 34.1. The van der Waals surface area contributed by atoms with Crippen molar-refractivity contribution in [1.29, 1.82) is 0 Å². The Morgan fingerprint density at radius 1 is 0.321 bits per heavy atom. The normalized spacial score (nSPS) is 13.4. The average Bonchev–Trinajstić information content (AvgIpc) is 3.44. The molecule has 0 bridgehead atoms. The Balaban J connectivity index is 3.54. The van der Waals surface area contributed by atoms with Crippen molar-refractivity contribution >= 4 is 5.91 Å². The van der Waals surface area contributed by atoms with Crippen molar-refractivity contribution in [3.8, 4) is 0 Å². The quantitative estimate of drug-likeness (QED) is 0.0420. The van der Waals surface area contributed by atoms with Gasteiger partial charge in [-0.3, -0.25) is 4.79 Å². The highest BCUT2D eigenvalue weighted by atomic mass is 16.3. The van der Waals surface area contributed by atoms with Crippen molar-refractivity contribution in [2.75, 3.05) is 6.61 Å². The van der Waals surface area contributed by atoms with E-state index in [1.807, 2.05) is 6.08 Å². The molecule has 0 saturated carbocycles. The molecule has 0 aromatic carbocycles. The molecule has 2 unspecified atom stereocenters. The molecule has 0 aliphatic carbocycles. The van der Waals surface area contributed by atoms with E-state index < -0.39 is 12.1 Å². The lowest BCUT2D eigenvalue weighted by molar-refractivity contribution is -0.123. The smallest absolute Gasteiger partial charge is 0.220 e. The minimum Gasteiger partial charge on any atom is -0.394 e. The number of allylic oxidation sites excluding steroid dienone is 17. The number of amides is 1. The second-order valence-corrected chi connectivity index (χ2v) is 22.9. The topological polar surface area (TPSA) is 69.6 Å². The third-order valence-electron chi connectivity index (χ3n) is 15.2. The first-order valence-corrected chi connectivity index (χ1v) is 34.1. The SMILES string of the molecule is CC/C=C\C/C=C\C/C=C\C/C=C\C/C=C\C/C=C\C/C=C\CCCCCCCCCCCCCC(=O)NC(CO)C(O)/C=C/CC/C=C/CCCCCCCCCCCCCCCCCCCCCCCCCCCCC. The summed E-state index contributed by atoms with van der Waals surface area (Å²) in [6.45, 7) is 4.21. The van der Waals surface area contributed by atoms with Crippen molar-refractivity contribution < 1.29 is 15.0 Å². The van der Waals surface area contributed by atoms with Gasteiger partial charge in [-0.05, 0) is 89.9 Å². The molecule has 0 aliphatic heterocycles. The highest BCUT2D eigenvalue weighted by Gasteiger charge is 2.18. The Bertz CT molecular complexity index is 1460. The molecule has 1 amide bonds. The van der Waals surface area contributed by atoms with Crippen molar-refractivity contribution in [1.82, 2.24) is 5.32 Å². The monoisotopic (exact) mass is 1080 g/mol. The van der Waals surface area contributed by atoms with Crippen LogP contribution in [0.3, 0.4) is 0 Å². The maximum absolute atomic E-state index is 12.5. The van der Waals surface area contributed by atoms with Gasteiger partial charge in [0.05, 0.1) is 18.8 Å². The van der Waals surface area contributed by atoms with Crippen molar-refractivity contribution in [3.05, 3.63) is 109 Å². The second-order valence-electron chi connectivity index (χ2n) is 22.9. The number of hydrogen-bond donors (Lipinski definition) is 3. The van der Waals surface area contributed by atoms with E-state index in [4.69, 9.17) is 0 Å². The molecule has 4 nitrogen and oxygen atoms in total. The van der Waals surface area contributed by atoms with Gasteiger partial charge in [-0.25, -0.2) is 0 Å². The minimum absolute atomic E-state index is 0.0778. The van der Waals surface area contributed by atoms with Gasteiger partial charge in [-0.1, -0.05) is 348 Å². The molecule has 2 atom stereocenters. The summed E-state index contributed by atoms with van der Waals surface area (Å²) < 4.78 is 0. The van der Waals surface area contributed by atoms with Crippen LogP contribution in [0.1, 0.15) is 335 Å². The van der Waals surface area contributed by atoms with E-state index in [-0.39, 0.29) is 12.5 Å². The Morgan fingerprint density at radius 3 is 0.897 bits per heavy atom. The Hall–Kier alpha value is -2.95. The number of carbonyl (C=O) groups is 1. The second kappa shape index (κ2) is 68.3. The van der Waals surface area contributed by atoms with Crippen LogP contribution >= 0.6 is 0 Å². The number of carbonyl (C=O) groups excluding carboxylic acids is 1. The first-order chi connectivity index (χ1) is 38.7. The summed E-state index contributed by atoms with van der Waals surface area (Å²) in [7, 11) is 0. The highest BCUT2D eigenvalue weighted by Crippen LogP contribution is 2.18. The van der Waals surface area contributed by atoms with Gasteiger partial charge in [0.25, 0.3) is 0 Å². The predicted molar refractivity (Wildman–Crippen MR) is 349 cm³/mol. The maximum atomic E-state index is 12.5. The predicted octanol–water partition coefficient (Wildman–Crippen LogP) is 23.4. The van der Waals surface area contributed by atoms with Crippen LogP contribution < -0.4 is 5.32 Å². The molecule has 0 rings (SSSR count). The zero-order valence-corrected chi connectivity index (χ0v) is 51.9. The first kappa shape index (κ1) is 75.0. The van der Waals surface area contributed by atoms with Crippen LogP contribution in [-0.2, 0) is 4.79 Å². The number of nitrogens with one attached hydrogen (secondary N) is 1. The largest absolute Gasteiger partial charge is 0.394 e. The molecular weight excluding hydrogens is 951 g/mol. The molecule has 0 saturated heterocycles. The minimum atomic E-state index is -0.872. The lowest BCUT2D eigenvalue weighted by Gasteiger charge is -2.19. The third kappa shape index (κ3) is 63.9. The fourth-order valence-corrected chi connectivity index (χ4v) is 10.1. The molecule has 0 fully saturated rings. The fourth-order valence-electron chi connectivity index (χ4n) is 10.1. The van der Waals surface area contributed by atoms with Crippen LogP contribution in [0, 0.1) is 0 Å². The van der Waals surface area contributed by atoms with E-state index in [0.29, 0.717) is 6.42 Å². The van der Waals surface area contributed by atoms with Crippen LogP contribution in [0.2, 0.25) is 0 Å². The molecule has 0 radical (unpaired) electrons. The van der Waals surface area contributed by atoms with Crippen LogP contribution in [0.15, 0.2) is 109 Å². The highest BCUT2D eigenvalue weighted by molar-refractivity contribution is 5.76. The summed E-state index contributed by atoms with van der Waals surface area (Å²) in [4.78, 5) is 12.5. The van der Waals surface area contributed by atoms with Crippen LogP contribution in [-0.4, -0.2) is 34.9 Å². The third-order valence-corrected chi connectivity index (χ3v) is 15.2. The number of unbranched alkanes of at least 4 members (excludes halogenated alkanes) is 39. The van der Waals surface area contributed by atoms with Crippen molar-refractivity contribution in [2.45, 2.75) is 347 Å². The van der Waals surface area contributed by atoms with Gasteiger partial charge in [-0.15, -0.1) is 0 Å². The van der Waals surface area contributed by atoms with Gasteiger partial charge in [0.15, 0.2) is 0 Å². The Labute approximate surface area is 486 Å². The number of aliphatic hydroxyl groups is 2. The van der Waals surface area contributed by atoms with Crippen molar-refractivity contribution in [3.63, 3.8) is 0 Å². The van der Waals surface area contributed by atoms with Crippen molar-refractivity contribution in [2.24, 2.45) is 0 Å². The molecule has 0 aromatic heterocycles. The average molecular weight is 1080 g/mol. The van der Waals surface area contributed by atoms with Gasteiger partial charge in [-0.2, -0.15) is 0 Å². The van der Waals surface area contributed by atoms with Crippen LogP contribution in [0.4, 0.5) is 0 Å². The zero-order chi connectivity index (χ0) is 56.2. The van der Waals surface area contributed by atoms with Gasteiger partial charge in [0.2, 0.25) is 5.91 Å². The Kier molecular flexibility index (Phi) is 65.7. The number of hydrogen-bond acceptors (Lipinski definition) is 3. The molecule has 3 N–H and O–H groups in total. The zero-order valence-electron chi connectivity index (χ0n) is 51.9. The number of aliphatic hydroxyl groups excluding tert-OH is 2. The molecule has 450 valence electrons. The summed E-state index contributed by atoms with van der Waals surface area (Å²) in [5, 5.41) is 23.3. The van der Waals surface area contributed by atoms with E-state index >= 15 is 0 Å². The standard InChI is InChI=1S/C74H131NO3/c1-3-5-7-9-11-13-15-17-19-21-23-25-27-29-31-33-35-37-39-41-43-45-47-49-51-53-55-57-59-61-63-65-67-69-73(77)72(71-76)75-74(78)70-68-66-64-62-60-58-56-54-52-50-48-46-44-42-40-38-36-34-32-30-28-26-24-22-20-18-16-14-12-10-8-6-4-2/h6,8,12,14,18,20,24,26,30,32,36,38,42,44,59,61,67,69,72-73,76-77H,3-5,7,9-11,13,15-17,19,21-23,25,27-29,31,33-35,37,39-41,43,45-58,60,62-66,68,70-71H2,1-2H3,(H,75,78)/b8-6-,14-12-,20-18-,26-24-,32-30-,38-36-,44-42-,61-59+,69-67+. The summed E-state index contributed by atoms with van der Waals surface area (Å²) >= 11 is 0. The van der Waals surface area contributed by atoms with Gasteiger partial charge in [0.1, 0.15) is 0 Å². The summed E-state index contributed by atoms with van der Waals surface area (Å²) in [5.74, 6) is -0.0778. The molecule has 0 heterocycles. The summed E-state index contributed by atoms with van der Waals surface area (Å²) in [6, 6.07) is -0.650. The molecule has 0 aromatic rings. The van der Waals surface area contributed by atoms with E-state index in [1.54, 1.807) is 6.08 Å². The van der Waals surface area contributed by atoms with E-state index in [0.717, 1.165) is 77.0 Å². The molecule has 4 heteroatoms. The maximum Gasteiger partial charge on any atom is 0.220 e. The lowest BCUT2D eigenvalue weighted by Crippen LogP contribution is -2.45. The van der Waals surface area contributed by atoms with E-state index in [2.05, 4.69) is 116 Å². The fraction of sp³-hybridized carbons (Fsp3) is 0.743. The van der Waals surface area contributed by atoms with Crippen LogP contribution in [0.5, 0.6) is 0 Å². The van der Waals surface area contributed by atoms with Gasteiger partial charge in [0, 0.05) is 6.42 Å². The molecule has 78 heavy (non-hydrogen) atoms. The summed E-state index contributed by atoms with van der Waals surface area (Å²) in [5.41, 5.74) is 0. The number of rotatable bonds is 62. The molecular formula is C74H131NO3. The van der Waals surface area contributed by atoms with Crippen LogP contribution in [0.25, 0.3) is 0 Å². The molecule has 0 spiro atoms. The van der Waals surface area contributed by atoms with E-state index in [9.17, 15) is 15.0 Å². The summed E-state index contributed by atoms with van der Waals surface area (Å²) in [6.07, 6.45) is 103. The van der Waals surface area contributed by atoms with Gasteiger partial charge < -0.3 is 15.5 Å². The molecule has 0 aliphatic rings. The van der Waals surface area contributed by atoms with Gasteiger partial charge >= 0.3 is 0 Å². The Morgan fingerprint density at radius 2 is 0.577 bits per heavy atom. The lowest BCUT2D eigenvalue weighted by atomic mass is 10.0.